The standard InChI is InChI=1S/C18H22FN5O2/c1-23(2)16-7-8-17(22-21-16)26-15-9-10-24(12-15)18(25)20-11-13-3-5-14(19)6-4-13/h3-8,15H,9-12H2,1-2H3,(H,20,25). The summed E-state index contributed by atoms with van der Waals surface area (Å²) >= 11 is 0. The van der Waals surface area contributed by atoms with Crippen molar-refractivity contribution in [2.45, 2.75) is 19.1 Å². The molecule has 1 aliphatic heterocycles. The number of benzene rings is 1. The molecule has 0 bridgehead atoms. The molecule has 0 saturated carbocycles. The second kappa shape index (κ2) is 7.99. The molecule has 1 atom stereocenters. The van der Waals surface area contributed by atoms with Crippen molar-refractivity contribution in [3.63, 3.8) is 0 Å². The predicted octanol–water partition coefficient (Wildman–Crippen LogP) is 2.04. The molecule has 2 aromatic rings. The van der Waals surface area contributed by atoms with Crippen LogP contribution in [0.15, 0.2) is 36.4 Å². The van der Waals surface area contributed by atoms with Gasteiger partial charge in [-0.05, 0) is 23.8 Å². The smallest absolute Gasteiger partial charge is 0.317 e. The van der Waals surface area contributed by atoms with Gasteiger partial charge in [-0.25, -0.2) is 9.18 Å². The molecule has 138 valence electrons. The summed E-state index contributed by atoms with van der Waals surface area (Å²) in [5.74, 6) is 0.918. The Morgan fingerprint density at radius 1 is 1.27 bits per heavy atom. The maximum atomic E-state index is 12.9. The molecule has 3 rings (SSSR count). The highest BCUT2D eigenvalue weighted by atomic mass is 19.1. The van der Waals surface area contributed by atoms with Crippen LogP contribution in [-0.2, 0) is 6.54 Å². The molecule has 0 radical (unpaired) electrons. The number of aromatic nitrogens is 2. The van der Waals surface area contributed by atoms with Gasteiger partial charge in [-0.3, -0.25) is 0 Å². The fourth-order valence-electron chi connectivity index (χ4n) is 2.69. The van der Waals surface area contributed by atoms with Crippen molar-refractivity contribution >= 4 is 11.8 Å². The Morgan fingerprint density at radius 2 is 2.04 bits per heavy atom. The van der Waals surface area contributed by atoms with Crippen LogP contribution in [0.3, 0.4) is 0 Å². The Kier molecular flexibility index (Phi) is 5.50. The SMILES string of the molecule is CN(C)c1ccc(OC2CCN(C(=O)NCc3ccc(F)cc3)C2)nn1. The van der Waals surface area contributed by atoms with E-state index in [0.29, 0.717) is 25.5 Å². The molecular weight excluding hydrogens is 337 g/mol. The lowest BCUT2D eigenvalue weighted by molar-refractivity contribution is 0.182. The van der Waals surface area contributed by atoms with Crippen LogP contribution < -0.4 is 15.0 Å². The Morgan fingerprint density at radius 3 is 2.69 bits per heavy atom. The summed E-state index contributed by atoms with van der Waals surface area (Å²) in [7, 11) is 3.79. The third-order valence-corrected chi connectivity index (χ3v) is 4.16. The van der Waals surface area contributed by atoms with Crippen molar-refractivity contribution in [1.29, 1.82) is 0 Å². The molecule has 0 spiro atoms. The van der Waals surface area contributed by atoms with E-state index in [1.165, 1.54) is 12.1 Å². The van der Waals surface area contributed by atoms with Gasteiger partial charge in [-0.1, -0.05) is 12.1 Å². The van der Waals surface area contributed by atoms with Gasteiger partial charge < -0.3 is 19.9 Å². The second-order valence-corrected chi connectivity index (χ2v) is 6.38. The summed E-state index contributed by atoms with van der Waals surface area (Å²) < 4.78 is 18.7. The highest BCUT2D eigenvalue weighted by Crippen LogP contribution is 2.17. The summed E-state index contributed by atoms with van der Waals surface area (Å²) in [5.41, 5.74) is 0.850. The first kappa shape index (κ1) is 17.9. The normalized spacial score (nSPS) is 16.4. The predicted molar refractivity (Wildman–Crippen MR) is 95.6 cm³/mol. The van der Waals surface area contributed by atoms with E-state index in [2.05, 4.69) is 15.5 Å². The molecule has 1 fully saturated rings. The number of hydrogen-bond acceptors (Lipinski definition) is 5. The Hall–Kier alpha value is -2.90. The van der Waals surface area contributed by atoms with Crippen LogP contribution in [0.2, 0.25) is 0 Å². The van der Waals surface area contributed by atoms with Gasteiger partial charge in [0.1, 0.15) is 11.9 Å². The number of amides is 2. The molecule has 26 heavy (non-hydrogen) atoms. The summed E-state index contributed by atoms with van der Waals surface area (Å²) in [6.07, 6.45) is 0.632. The molecule has 1 unspecified atom stereocenters. The maximum absolute atomic E-state index is 12.9. The lowest BCUT2D eigenvalue weighted by Crippen LogP contribution is -2.39. The molecule has 2 heterocycles. The molecule has 1 aromatic carbocycles. The van der Waals surface area contributed by atoms with Crippen LogP contribution in [0, 0.1) is 5.82 Å². The molecule has 1 aromatic heterocycles. The van der Waals surface area contributed by atoms with Crippen molar-refractivity contribution < 1.29 is 13.9 Å². The van der Waals surface area contributed by atoms with Crippen molar-refractivity contribution in [1.82, 2.24) is 20.4 Å². The van der Waals surface area contributed by atoms with Gasteiger partial charge in [0.25, 0.3) is 0 Å². The zero-order valence-electron chi connectivity index (χ0n) is 14.9. The van der Waals surface area contributed by atoms with E-state index in [4.69, 9.17) is 4.74 Å². The molecule has 2 amide bonds. The van der Waals surface area contributed by atoms with Crippen molar-refractivity contribution in [3.05, 3.63) is 47.8 Å². The Balaban J connectivity index is 1.46. The summed E-state index contributed by atoms with van der Waals surface area (Å²) in [4.78, 5) is 15.8. The number of rotatable bonds is 5. The molecule has 1 aliphatic rings. The zero-order chi connectivity index (χ0) is 18.5. The largest absolute Gasteiger partial charge is 0.471 e. The van der Waals surface area contributed by atoms with Gasteiger partial charge in [-0.2, -0.15) is 0 Å². The Labute approximate surface area is 151 Å². The number of nitrogens with one attached hydrogen (secondary N) is 1. The highest BCUT2D eigenvalue weighted by molar-refractivity contribution is 5.74. The van der Waals surface area contributed by atoms with Crippen LogP contribution in [0.1, 0.15) is 12.0 Å². The molecule has 0 aliphatic carbocycles. The average Bonchev–Trinajstić information content (AvgIpc) is 3.10. The topological polar surface area (TPSA) is 70.6 Å². The van der Waals surface area contributed by atoms with Crippen LogP contribution in [-0.4, -0.2) is 54.4 Å². The van der Waals surface area contributed by atoms with E-state index in [1.807, 2.05) is 25.1 Å². The average molecular weight is 359 g/mol. The number of halogens is 1. The molecular formula is C18H22FN5O2. The number of nitrogens with zero attached hydrogens (tertiary/aromatic N) is 4. The van der Waals surface area contributed by atoms with Crippen molar-refractivity contribution in [2.24, 2.45) is 0 Å². The lowest BCUT2D eigenvalue weighted by Gasteiger charge is -2.18. The molecule has 1 N–H and O–H groups in total. The van der Waals surface area contributed by atoms with Crippen LogP contribution in [0.25, 0.3) is 0 Å². The zero-order valence-corrected chi connectivity index (χ0v) is 14.9. The third kappa shape index (κ3) is 4.59. The number of ether oxygens (including phenoxy) is 1. The van der Waals surface area contributed by atoms with Crippen molar-refractivity contribution in [2.75, 3.05) is 32.1 Å². The van der Waals surface area contributed by atoms with E-state index in [9.17, 15) is 9.18 Å². The number of anilines is 1. The minimum Gasteiger partial charge on any atom is -0.471 e. The van der Waals surface area contributed by atoms with E-state index in [-0.39, 0.29) is 18.0 Å². The number of likely N-dealkylation sites (tertiary alicyclic amines) is 1. The first-order valence-electron chi connectivity index (χ1n) is 8.46. The first-order valence-corrected chi connectivity index (χ1v) is 8.46. The molecule has 1 saturated heterocycles. The number of hydrogen-bond donors (Lipinski definition) is 1. The van der Waals surface area contributed by atoms with Gasteiger partial charge in [0.2, 0.25) is 5.88 Å². The van der Waals surface area contributed by atoms with Crippen LogP contribution in [0.4, 0.5) is 15.0 Å². The minimum absolute atomic E-state index is 0.105. The molecule has 7 nitrogen and oxygen atoms in total. The lowest BCUT2D eigenvalue weighted by atomic mass is 10.2. The van der Waals surface area contributed by atoms with Crippen molar-refractivity contribution in [3.8, 4) is 5.88 Å². The summed E-state index contributed by atoms with van der Waals surface area (Å²) in [6.45, 7) is 1.47. The summed E-state index contributed by atoms with van der Waals surface area (Å²) in [6, 6.07) is 9.52. The highest BCUT2D eigenvalue weighted by Gasteiger charge is 2.27. The van der Waals surface area contributed by atoms with Gasteiger partial charge in [0, 0.05) is 39.7 Å². The van der Waals surface area contributed by atoms with E-state index in [0.717, 1.165) is 17.8 Å². The second-order valence-electron chi connectivity index (χ2n) is 6.38. The van der Waals surface area contributed by atoms with Gasteiger partial charge in [0.05, 0.1) is 6.54 Å². The van der Waals surface area contributed by atoms with Gasteiger partial charge in [0.15, 0.2) is 5.82 Å². The number of urea groups is 1. The van der Waals surface area contributed by atoms with E-state index < -0.39 is 0 Å². The van der Waals surface area contributed by atoms with E-state index in [1.54, 1.807) is 23.1 Å². The number of carbonyl (C=O) groups is 1. The van der Waals surface area contributed by atoms with Gasteiger partial charge >= 0.3 is 6.03 Å². The van der Waals surface area contributed by atoms with Crippen LogP contribution in [0.5, 0.6) is 5.88 Å². The third-order valence-electron chi connectivity index (χ3n) is 4.16. The fourth-order valence-corrected chi connectivity index (χ4v) is 2.69. The quantitative estimate of drug-likeness (QED) is 0.885. The monoisotopic (exact) mass is 359 g/mol. The minimum atomic E-state index is -0.290. The Bertz CT molecular complexity index is 736. The van der Waals surface area contributed by atoms with Crippen LogP contribution >= 0.6 is 0 Å². The summed E-state index contributed by atoms with van der Waals surface area (Å²) in [5, 5.41) is 11.0. The first-order chi connectivity index (χ1) is 12.5. The number of carbonyl (C=O) groups excluding carboxylic acids is 1. The van der Waals surface area contributed by atoms with Gasteiger partial charge in [-0.15, -0.1) is 10.2 Å². The fraction of sp³-hybridized carbons (Fsp3) is 0.389. The molecule has 8 heteroatoms. The van der Waals surface area contributed by atoms with E-state index >= 15 is 0 Å². The maximum Gasteiger partial charge on any atom is 0.317 e.